The van der Waals surface area contributed by atoms with E-state index >= 15 is 0 Å². The fraction of sp³-hybridized carbons (Fsp3) is 0.0364. The van der Waals surface area contributed by atoms with Crippen molar-refractivity contribution in [2.24, 2.45) is 0 Å². The zero-order chi connectivity index (χ0) is 39.5. The first-order chi connectivity index (χ1) is 29.8. The number of aryl methyl sites for hydroxylation is 1. The van der Waals surface area contributed by atoms with E-state index in [4.69, 9.17) is 0 Å². The van der Waals surface area contributed by atoms with Crippen LogP contribution in [0, 0.1) is 11.3 Å². The standard InChI is InChI=1S/C55H35N5/c56-34-43-54(59-48-29-13-5-21-39(48)40-22-6-14-30-49(40)59)52(57-44-25-9-1-17-35(44)36-18-2-10-26-45(36)57)33-53(58-46-27-11-3-19-37(46)38-20-4-12-28-47(38)58)55(43)60-50-31-15-7-23-41(50)42-24-8-16-32-51(42)60/h1-7,9-23,25-33H,8,24H2. The molecule has 1 aliphatic carbocycles. The van der Waals surface area contributed by atoms with Gasteiger partial charge in [-0.25, -0.2) is 0 Å². The fourth-order valence-corrected chi connectivity index (χ4v) is 10.5. The Kier molecular flexibility index (Phi) is 6.85. The molecular weight excluding hydrogens is 731 g/mol. The van der Waals surface area contributed by atoms with Crippen molar-refractivity contribution in [2.45, 2.75) is 12.8 Å². The van der Waals surface area contributed by atoms with Crippen molar-refractivity contribution in [1.82, 2.24) is 18.3 Å². The largest absolute Gasteiger partial charge is 0.307 e. The van der Waals surface area contributed by atoms with Crippen molar-refractivity contribution < 1.29 is 0 Å². The lowest BCUT2D eigenvalue weighted by Crippen LogP contribution is -2.14. The van der Waals surface area contributed by atoms with Crippen LogP contribution in [0.1, 0.15) is 23.2 Å². The highest BCUT2D eigenvalue weighted by molar-refractivity contribution is 6.13. The minimum absolute atomic E-state index is 0.597. The summed E-state index contributed by atoms with van der Waals surface area (Å²) in [5.41, 5.74) is 14.1. The molecule has 4 aromatic heterocycles. The van der Waals surface area contributed by atoms with Crippen LogP contribution in [-0.4, -0.2) is 18.3 Å². The molecule has 0 atom stereocenters. The molecule has 0 spiro atoms. The zero-order valence-electron chi connectivity index (χ0n) is 32.5. The molecule has 5 nitrogen and oxygen atoms in total. The van der Waals surface area contributed by atoms with Crippen LogP contribution in [0.25, 0.3) is 105 Å². The summed E-state index contributed by atoms with van der Waals surface area (Å²) in [6.45, 7) is 0. The number of para-hydroxylation sites is 7. The van der Waals surface area contributed by atoms with Crippen LogP contribution in [0.15, 0.2) is 182 Å². The van der Waals surface area contributed by atoms with E-state index in [0.29, 0.717) is 5.56 Å². The minimum Gasteiger partial charge on any atom is -0.307 e. The summed E-state index contributed by atoms with van der Waals surface area (Å²) in [5, 5.41) is 20.4. The number of benzene rings is 8. The van der Waals surface area contributed by atoms with Crippen LogP contribution in [0.5, 0.6) is 0 Å². The van der Waals surface area contributed by atoms with Crippen LogP contribution in [-0.2, 0) is 6.42 Å². The van der Waals surface area contributed by atoms with Gasteiger partial charge in [0, 0.05) is 43.4 Å². The smallest absolute Gasteiger partial charge is 0.104 e. The Bertz CT molecular complexity index is 3700. The van der Waals surface area contributed by atoms with E-state index in [1.165, 1.54) is 21.7 Å². The second-order valence-electron chi connectivity index (χ2n) is 15.9. The predicted molar refractivity (Wildman–Crippen MR) is 248 cm³/mol. The highest BCUT2D eigenvalue weighted by Gasteiger charge is 2.31. The van der Waals surface area contributed by atoms with Gasteiger partial charge < -0.3 is 18.3 Å². The number of nitriles is 1. The van der Waals surface area contributed by atoms with Gasteiger partial charge >= 0.3 is 0 Å². The van der Waals surface area contributed by atoms with Gasteiger partial charge in [0.15, 0.2) is 0 Å². The second-order valence-corrected chi connectivity index (χ2v) is 15.9. The van der Waals surface area contributed by atoms with Crippen molar-refractivity contribution in [3.05, 3.63) is 199 Å². The number of hydrogen-bond donors (Lipinski definition) is 0. The Balaban J connectivity index is 1.34. The topological polar surface area (TPSA) is 43.5 Å². The molecule has 5 heteroatoms. The van der Waals surface area contributed by atoms with E-state index < -0.39 is 0 Å². The van der Waals surface area contributed by atoms with Gasteiger partial charge in [0.05, 0.1) is 61.4 Å². The monoisotopic (exact) mass is 765 g/mol. The van der Waals surface area contributed by atoms with Crippen LogP contribution in [0.3, 0.4) is 0 Å². The molecule has 0 saturated carbocycles. The van der Waals surface area contributed by atoms with Gasteiger partial charge in [-0.3, -0.25) is 0 Å². The van der Waals surface area contributed by atoms with Gasteiger partial charge in [0.25, 0.3) is 0 Å². The summed E-state index contributed by atoms with van der Waals surface area (Å²) in [5.74, 6) is 0. The SMILES string of the molecule is N#Cc1c(-n2c3c(c4ccccc42)CCC=C3)c(-n2c3ccccc3c3ccccc32)cc(-n2c3ccccc3c3ccccc32)c1-n1c2ccccc2c2ccccc21. The summed E-state index contributed by atoms with van der Waals surface area (Å²) >= 11 is 0. The third-order valence-corrected chi connectivity index (χ3v) is 12.9. The average molecular weight is 766 g/mol. The van der Waals surface area contributed by atoms with E-state index in [2.05, 4.69) is 212 Å². The molecule has 0 bridgehead atoms. The maximum atomic E-state index is 12.2. The molecule has 4 heterocycles. The first-order valence-electron chi connectivity index (χ1n) is 20.7. The van der Waals surface area contributed by atoms with E-state index in [0.717, 1.165) is 101 Å². The maximum absolute atomic E-state index is 12.2. The number of nitrogens with zero attached hydrogens (tertiary/aromatic N) is 5. The van der Waals surface area contributed by atoms with E-state index in [-0.39, 0.29) is 0 Å². The van der Waals surface area contributed by atoms with Gasteiger partial charge in [-0.1, -0.05) is 133 Å². The van der Waals surface area contributed by atoms with Gasteiger partial charge in [0.1, 0.15) is 11.6 Å². The van der Waals surface area contributed by atoms with Crippen LogP contribution >= 0.6 is 0 Å². The first-order valence-corrected chi connectivity index (χ1v) is 20.7. The number of aromatic nitrogens is 4. The Morgan fingerprint density at radius 1 is 0.383 bits per heavy atom. The molecule has 0 aliphatic heterocycles. The van der Waals surface area contributed by atoms with E-state index in [9.17, 15) is 5.26 Å². The quantitative estimate of drug-likeness (QED) is 0.176. The predicted octanol–water partition coefficient (Wildman–Crippen LogP) is 13.8. The molecule has 280 valence electrons. The molecule has 13 rings (SSSR count). The highest BCUT2D eigenvalue weighted by atomic mass is 15.1. The number of rotatable bonds is 4. The van der Waals surface area contributed by atoms with Crippen molar-refractivity contribution in [2.75, 3.05) is 0 Å². The lowest BCUT2D eigenvalue weighted by Gasteiger charge is -2.26. The molecule has 0 fully saturated rings. The summed E-state index contributed by atoms with van der Waals surface area (Å²) in [7, 11) is 0. The minimum atomic E-state index is 0.597. The number of fused-ring (bicyclic) bond motifs is 12. The Morgan fingerprint density at radius 2 is 0.717 bits per heavy atom. The van der Waals surface area contributed by atoms with E-state index in [1.807, 2.05) is 0 Å². The number of hydrogen-bond acceptors (Lipinski definition) is 1. The average Bonchev–Trinajstić information content (AvgIpc) is 4.04. The summed E-state index contributed by atoms with van der Waals surface area (Å²) in [4.78, 5) is 0. The maximum Gasteiger partial charge on any atom is 0.104 e. The fourth-order valence-electron chi connectivity index (χ4n) is 10.5. The van der Waals surface area contributed by atoms with Gasteiger partial charge in [-0.15, -0.1) is 0 Å². The normalized spacial score (nSPS) is 12.8. The molecular formula is C55H35N5. The van der Waals surface area contributed by atoms with Crippen molar-refractivity contribution in [3.8, 4) is 28.8 Å². The molecule has 0 amide bonds. The Morgan fingerprint density at radius 3 is 1.12 bits per heavy atom. The van der Waals surface area contributed by atoms with Gasteiger partial charge in [-0.2, -0.15) is 5.26 Å². The lowest BCUT2D eigenvalue weighted by atomic mass is 10.0. The summed E-state index contributed by atoms with van der Waals surface area (Å²) in [6, 6.07) is 66.0. The highest BCUT2D eigenvalue weighted by Crippen LogP contribution is 2.46. The van der Waals surface area contributed by atoms with Gasteiger partial charge in [-0.05, 0) is 73.0 Å². The van der Waals surface area contributed by atoms with Gasteiger partial charge in [0.2, 0.25) is 0 Å². The summed E-state index contributed by atoms with van der Waals surface area (Å²) in [6.07, 6.45) is 6.47. The van der Waals surface area contributed by atoms with Crippen LogP contribution < -0.4 is 0 Å². The molecule has 12 aromatic rings. The van der Waals surface area contributed by atoms with Crippen molar-refractivity contribution in [1.29, 1.82) is 5.26 Å². The molecule has 1 aliphatic rings. The molecule has 0 radical (unpaired) electrons. The van der Waals surface area contributed by atoms with Crippen molar-refractivity contribution >= 4 is 82.4 Å². The third kappa shape index (κ3) is 4.34. The third-order valence-electron chi connectivity index (χ3n) is 12.9. The molecule has 0 unspecified atom stereocenters. The van der Waals surface area contributed by atoms with Crippen molar-refractivity contribution in [3.63, 3.8) is 0 Å². The Labute approximate surface area is 345 Å². The van der Waals surface area contributed by atoms with Crippen LogP contribution in [0.2, 0.25) is 0 Å². The van der Waals surface area contributed by atoms with E-state index in [1.54, 1.807) is 0 Å². The first kappa shape index (κ1) is 33.0. The second kappa shape index (κ2) is 12.5. The Hall–Kier alpha value is -8.07. The number of allylic oxidation sites excluding steroid dienone is 1. The molecule has 0 N–H and O–H groups in total. The zero-order valence-corrected chi connectivity index (χ0v) is 32.5. The van der Waals surface area contributed by atoms with Crippen LogP contribution in [0.4, 0.5) is 0 Å². The molecule has 8 aromatic carbocycles. The molecule has 0 saturated heterocycles. The molecule has 60 heavy (non-hydrogen) atoms. The summed E-state index contributed by atoms with van der Waals surface area (Å²) < 4.78 is 9.55. The lowest BCUT2D eigenvalue weighted by molar-refractivity contribution is 0.956.